The summed E-state index contributed by atoms with van der Waals surface area (Å²) in [5.41, 5.74) is 7.78. The van der Waals surface area contributed by atoms with Gasteiger partial charge in [0.1, 0.15) is 0 Å². The summed E-state index contributed by atoms with van der Waals surface area (Å²) in [5, 5.41) is 0. The molecule has 0 aliphatic rings. The van der Waals surface area contributed by atoms with Gasteiger partial charge in [-0.1, -0.05) is 97.1 Å². The number of aromatic nitrogens is 5. The predicted octanol–water partition coefficient (Wildman–Crippen LogP) is 7.63. The van der Waals surface area contributed by atoms with Crippen LogP contribution in [0.15, 0.2) is 128 Å². The summed E-state index contributed by atoms with van der Waals surface area (Å²) in [5.74, 6) is 1.51. The summed E-state index contributed by atoms with van der Waals surface area (Å²) in [7, 11) is 0. The SMILES string of the molecule is Cc1cc(-c2ccccc2)nc(-c2ccccc2)n1.Cc1cc(-c2ccccn2)nc(-c2ccccc2)n1. The summed E-state index contributed by atoms with van der Waals surface area (Å²) in [6.07, 6.45) is 1.77. The number of hydrogen-bond acceptors (Lipinski definition) is 5. The van der Waals surface area contributed by atoms with Crippen molar-refractivity contribution in [2.45, 2.75) is 13.8 Å². The highest BCUT2D eigenvalue weighted by atomic mass is 14.9. The Morgan fingerprint density at radius 2 is 0.842 bits per heavy atom. The number of pyridine rings is 1. The minimum atomic E-state index is 0.737. The van der Waals surface area contributed by atoms with Gasteiger partial charge in [-0.05, 0) is 38.1 Å². The topological polar surface area (TPSA) is 64.5 Å². The van der Waals surface area contributed by atoms with Crippen molar-refractivity contribution in [3.8, 4) is 45.4 Å². The molecule has 0 aliphatic carbocycles. The predicted molar refractivity (Wildman–Crippen MR) is 153 cm³/mol. The number of hydrogen-bond donors (Lipinski definition) is 0. The lowest BCUT2D eigenvalue weighted by Gasteiger charge is -2.06. The molecule has 184 valence electrons. The van der Waals surface area contributed by atoms with E-state index in [1.807, 2.05) is 123 Å². The third-order valence-electron chi connectivity index (χ3n) is 5.77. The lowest BCUT2D eigenvalue weighted by molar-refractivity contribution is 1.10. The first kappa shape index (κ1) is 24.7. The first-order valence-corrected chi connectivity index (χ1v) is 12.4. The van der Waals surface area contributed by atoms with Crippen LogP contribution in [0.25, 0.3) is 45.4 Å². The third kappa shape index (κ3) is 6.20. The molecule has 0 spiro atoms. The van der Waals surface area contributed by atoms with Gasteiger partial charge in [0.25, 0.3) is 0 Å². The van der Waals surface area contributed by atoms with E-state index in [1.165, 1.54) is 0 Å². The first-order valence-electron chi connectivity index (χ1n) is 12.4. The fraction of sp³-hybridized carbons (Fsp3) is 0.0606. The van der Waals surface area contributed by atoms with Gasteiger partial charge >= 0.3 is 0 Å². The van der Waals surface area contributed by atoms with E-state index in [0.29, 0.717) is 0 Å². The molecule has 3 aromatic heterocycles. The van der Waals surface area contributed by atoms with Crippen LogP contribution in [0, 0.1) is 13.8 Å². The van der Waals surface area contributed by atoms with E-state index < -0.39 is 0 Å². The maximum atomic E-state index is 4.66. The Bertz CT molecular complexity index is 1360. The Kier molecular flexibility index (Phi) is 7.66. The molecule has 0 amide bonds. The van der Waals surface area contributed by atoms with Crippen LogP contribution in [0.3, 0.4) is 0 Å². The molecule has 0 atom stereocenters. The van der Waals surface area contributed by atoms with Crippen molar-refractivity contribution >= 4 is 0 Å². The highest BCUT2D eigenvalue weighted by Gasteiger charge is 2.07. The van der Waals surface area contributed by atoms with Gasteiger partial charge in [0, 0.05) is 34.3 Å². The summed E-state index contributed by atoms with van der Waals surface area (Å²) < 4.78 is 0. The van der Waals surface area contributed by atoms with Gasteiger partial charge in [0.15, 0.2) is 11.6 Å². The van der Waals surface area contributed by atoms with E-state index in [0.717, 1.165) is 56.8 Å². The molecule has 0 saturated carbocycles. The first-order chi connectivity index (χ1) is 18.7. The molecular formula is C33H27N5. The lowest BCUT2D eigenvalue weighted by atomic mass is 10.1. The molecule has 3 heterocycles. The van der Waals surface area contributed by atoms with Crippen molar-refractivity contribution < 1.29 is 0 Å². The second kappa shape index (κ2) is 11.8. The molecule has 0 bridgehead atoms. The Balaban J connectivity index is 0.000000155. The maximum absolute atomic E-state index is 4.66. The fourth-order valence-corrected chi connectivity index (χ4v) is 3.97. The van der Waals surface area contributed by atoms with Gasteiger partial charge < -0.3 is 0 Å². The zero-order valence-electron chi connectivity index (χ0n) is 21.4. The normalized spacial score (nSPS) is 10.4. The summed E-state index contributed by atoms with van der Waals surface area (Å²) in [6.45, 7) is 3.97. The molecule has 5 nitrogen and oxygen atoms in total. The average Bonchev–Trinajstić information content (AvgIpc) is 2.99. The standard InChI is InChI=1S/C17H14N2.C16H13N3/c1-13-12-16(14-8-4-2-5-9-14)19-17(18-13)15-10-6-3-7-11-15;1-12-11-15(14-9-5-6-10-17-14)19-16(18-12)13-7-3-2-4-8-13/h2-12H,1H3;2-11H,1H3. The Hall–Kier alpha value is -5.03. The van der Waals surface area contributed by atoms with Crippen LogP contribution in [0.4, 0.5) is 0 Å². The smallest absolute Gasteiger partial charge is 0.160 e. The van der Waals surface area contributed by atoms with Gasteiger partial charge in [0.2, 0.25) is 0 Å². The largest absolute Gasteiger partial charge is 0.255 e. The van der Waals surface area contributed by atoms with E-state index in [4.69, 9.17) is 0 Å². The van der Waals surface area contributed by atoms with Gasteiger partial charge in [-0.3, -0.25) is 4.98 Å². The average molecular weight is 494 g/mol. The van der Waals surface area contributed by atoms with Gasteiger partial charge in [-0.2, -0.15) is 0 Å². The van der Waals surface area contributed by atoms with Crippen molar-refractivity contribution in [2.75, 3.05) is 0 Å². The second-order valence-electron chi connectivity index (χ2n) is 8.75. The van der Waals surface area contributed by atoms with Crippen LogP contribution in [0.2, 0.25) is 0 Å². The van der Waals surface area contributed by atoms with E-state index in [1.54, 1.807) is 6.20 Å². The van der Waals surface area contributed by atoms with Crippen LogP contribution in [0.1, 0.15) is 11.4 Å². The lowest BCUT2D eigenvalue weighted by Crippen LogP contribution is -1.95. The molecule has 6 aromatic rings. The zero-order valence-corrected chi connectivity index (χ0v) is 21.4. The van der Waals surface area contributed by atoms with Crippen LogP contribution in [-0.4, -0.2) is 24.9 Å². The van der Waals surface area contributed by atoms with Crippen molar-refractivity contribution in [3.63, 3.8) is 0 Å². The summed E-state index contributed by atoms with van der Waals surface area (Å²) >= 11 is 0. The maximum Gasteiger partial charge on any atom is 0.160 e. The molecule has 0 N–H and O–H groups in total. The van der Waals surface area contributed by atoms with Crippen molar-refractivity contribution in [3.05, 3.63) is 139 Å². The molecule has 3 aromatic carbocycles. The van der Waals surface area contributed by atoms with E-state index in [2.05, 4.69) is 37.1 Å². The molecular weight excluding hydrogens is 466 g/mol. The van der Waals surface area contributed by atoms with Crippen molar-refractivity contribution in [2.24, 2.45) is 0 Å². The van der Waals surface area contributed by atoms with E-state index >= 15 is 0 Å². The zero-order chi connectivity index (χ0) is 26.2. The highest BCUT2D eigenvalue weighted by Crippen LogP contribution is 2.22. The Morgan fingerprint density at radius 3 is 1.34 bits per heavy atom. The van der Waals surface area contributed by atoms with E-state index in [-0.39, 0.29) is 0 Å². The minimum absolute atomic E-state index is 0.737. The van der Waals surface area contributed by atoms with Crippen molar-refractivity contribution in [1.82, 2.24) is 24.9 Å². The van der Waals surface area contributed by atoms with E-state index in [9.17, 15) is 0 Å². The molecule has 5 heteroatoms. The second-order valence-corrected chi connectivity index (χ2v) is 8.75. The highest BCUT2D eigenvalue weighted by molar-refractivity contribution is 5.64. The summed E-state index contributed by atoms with van der Waals surface area (Å²) in [6, 6.07) is 40.0. The molecule has 0 radical (unpaired) electrons. The quantitative estimate of drug-likeness (QED) is 0.253. The Morgan fingerprint density at radius 1 is 0.395 bits per heavy atom. The number of aryl methyl sites for hydroxylation is 2. The Labute approximate surface area is 223 Å². The van der Waals surface area contributed by atoms with Gasteiger partial charge in [0.05, 0.1) is 17.1 Å². The molecule has 0 unspecified atom stereocenters. The molecule has 0 saturated heterocycles. The monoisotopic (exact) mass is 493 g/mol. The van der Waals surface area contributed by atoms with Crippen LogP contribution in [0.5, 0.6) is 0 Å². The molecule has 38 heavy (non-hydrogen) atoms. The number of rotatable bonds is 4. The van der Waals surface area contributed by atoms with Crippen LogP contribution >= 0.6 is 0 Å². The van der Waals surface area contributed by atoms with Crippen LogP contribution in [-0.2, 0) is 0 Å². The number of benzene rings is 3. The summed E-state index contributed by atoms with van der Waals surface area (Å²) in [4.78, 5) is 22.6. The molecule has 0 aliphatic heterocycles. The molecule has 6 rings (SSSR count). The number of nitrogens with zero attached hydrogens (tertiary/aromatic N) is 5. The van der Waals surface area contributed by atoms with Gasteiger partial charge in [-0.25, -0.2) is 19.9 Å². The van der Waals surface area contributed by atoms with Crippen molar-refractivity contribution in [1.29, 1.82) is 0 Å². The minimum Gasteiger partial charge on any atom is -0.255 e. The third-order valence-corrected chi connectivity index (χ3v) is 5.77. The van der Waals surface area contributed by atoms with Gasteiger partial charge in [-0.15, -0.1) is 0 Å². The van der Waals surface area contributed by atoms with Crippen LogP contribution < -0.4 is 0 Å². The fourth-order valence-electron chi connectivity index (χ4n) is 3.97. The molecule has 0 fully saturated rings.